The molecule has 1 N–H and O–H groups in total. The highest BCUT2D eigenvalue weighted by molar-refractivity contribution is 5.76. The average molecular weight is 355 g/mol. The highest BCUT2D eigenvalue weighted by Gasteiger charge is 2.04. The van der Waals surface area contributed by atoms with Crippen LogP contribution < -0.4 is 0 Å². The summed E-state index contributed by atoms with van der Waals surface area (Å²) in [6, 6.07) is 0. The number of carboxylic acid groups (broad SMARTS) is 1. The molecule has 0 heterocycles. The van der Waals surface area contributed by atoms with E-state index in [0.29, 0.717) is 0 Å². The molecule has 0 saturated carbocycles. The van der Waals surface area contributed by atoms with E-state index in [1.54, 1.807) is 0 Å². The number of esters is 1. The molecule has 0 unspecified atom stereocenters. The van der Waals surface area contributed by atoms with Gasteiger partial charge in [-0.2, -0.15) is 0 Å². The lowest BCUT2D eigenvalue weighted by Gasteiger charge is -2.02. The first-order valence-corrected chi connectivity index (χ1v) is 10.2. The minimum Gasteiger partial charge on any atom is -0.481 e. The second-order valence-corrected chi connectivity index (χ2v) is 6.79. The van der Waals surface area contributed by atoms with Crippen molar-refractivity contribution in [2.24, 2.45) is 0 Å². The Morgan fingerprint density at radius 2 is 1.24 bits per heavy atom. The lowest BCUT2D eigenvalue weighted by molar-refractivity contribution is -0.144. The highest BCUT2D eigenvalue weighted by Crippen LogP contribution is 2.13. The maximum absolute atomic E-state index is 11.2. The van der Waals surface area contributed by atoms with Gasteiger partial charge in [0.2, 0.25) is 0 Å². The average Bonchev–Trinajstić information content (AvgIpc) is 2.59. The van der Waals surface area contributed by atoms with Gasteiger partial charge >= 0.3 is 11.9 Å². The van der Waals surface area contributed by atoms with E-state index in [9.17, 15) is 9.59 Å². The predicted molar refractivity (Wildman–Crippen MR) is 102 cm³/mol. The first-order valence-electron chi connectivity index (χ1n) is 10.2. The van der Waals surface area contributed by atoms with Crippen molar-refractivity contribution in [3.05, 3.63) is 12.3 Å². The number of rotatable bonds is 18. The van der Waals surface area contributed by atoms with Crippen LogP contribution in [-0.2, 0) is 14.3 Å². The van der Waals surface area contributed by atoms with Gasteiger partial charge in [0, 0.05) is 0 Å². The maximum Gasteiger partial charge on any atom is 0.311 e. The SMILES string of the molecule is CCCCCCCCCCCCCCC/C=C/OC(=O)CCC(=O)O. The molecular formula is C21H38O4. The third-order valence-corrected chi connectivity index (χ3v) is 4.31. The second kappa shape index (κ2) is 19.0. The van der Waals surface area contributed by atoms with Crippen molar-refractivity contribution < 1.29 is 19.4 Å². The molecule has 0 bridgehead atoms. The van der Waals surface area contributed by atoms with E-state index < -0.39 is 11.9 Å². The Hall–Kier alpha value is -1.32. The van der Waals surface area contributed by atoms with Crippen molar-refractivity contribution in [1.82, 2.24) is 0 Å². The van der Waals surface area contributed by atoms with Gasteiger partial charge in [-0.15, -0.1) is 0 Å². The molecule has 0 radical (unpaired) electrons. The molecule has 0 aromatic carbocycles. The number of ether oxygens (including phenoxy) is 1. The summed E-state index contributed by atoms with van der Waals surface area (Å²) in [7, 11) is 0. The first kappa shape index (κ1) is 23.7. The van der Waals surface area contributed by atoms with Crippen LogP contribution in [0.1, 0.15) is 110 Å². The van der Waals surface area contributed by atoms with Crippen LogP contribution in [0, 0.1) is 0 Å². The summed E-state index contributed by atoms with van der Waals surface area (Å²) < 4.78 is 4.82. The van der Waals surface area contributed by atoms with Crippen LogP contribution in [-0.4, -0.2) is 17.0 Å². The molecule has 4 nitrogen and oxygen atoms in total. The molecule has 0 amide bonds. The molecule has 146 valence electrons. The second-order valence-electron chi connectivity index (χ2n) is 6.79. The Labute approximate surface area is 154 Å². The van der Waals surface area contributed by atoms with Crippen molar-refractivity contribution in [2.75, 3.05) is 0 Å². The Morgan fingerprint density at radius 1 is 0.760 bits per heavy atom. The van der Waals surface area contributed by atoms with E-state index in [1.165, 1.54) is 83.3 Å². The van der Waals surface area contributed by atoms with Crippen molar-refractivity contribution in [3.8, 4) is 0 Å². The van der Waals surface area contributed by atoms with Crippen LogP contribution in [0.3, 0.4) is 0 Å². The Balaban J connectivity index is 3.19. The Kier molecular flexibility index (Phi) is 18.0. The summed E-state index contributed by atoms with van der Waals surface area (Å²) >= 11 is 0. The van der Waals surface area contributed by atoms with Crippen LogP contribution in [0.4, 0.5) is 0 Å². The van der Waals surface area contributed by atoms with Gasteiger partial charge in [0.05, 0.1) is 19.1 Å². The molecule has 0 aliphatic carbocycles. The monoisotopic (exact) mass is 354 g/mol. The Bertz CT molecular complexity index is 350. The molecule has 0 aliphatic heterocycles. The number of carbonyl (C=O) groups excluding carboxylic acids is 1. The summed E-state index contributed by atoms with van der Waals surface area (Å²) in [4.78, 5) is 21.5. The van der Waals surface area contributed by atoms with E-state index in [-0.39, 0.29) is 12.8 Å². The molecule has 0 aromatic heterocycles. The number of allylic oxidation sites excluding steroid dienone is 1. The molecule has 0 rings (SSSR count). The van der Waals surface area contributed by atoms with Crippen LogP contribution >= 0.6 is 0 Å². The summed E-state index contributed by atoms with van der Waals surface area (Å²) in [6.07, 6.45) is 21.3. The van der Waals surface area contributed by atoms with Gasteiger partial charge < -0.3 is 9.84 Å². The third kappa shape index (κ3) is 20.6. The highest BCUT2D eigenvalue weighted by atomic mass is 16.5. The quantitative estimate of drug-likeness (QED) is 0.176. The molecule has 0 aromatic rings. The smallest absolute Gasteiger partial charge is 0.311 e. The van der Waals surface area contributed by atoms with Gasteiger partial charge in [0.1, 0.15) is 0 Å². The lowest BCUT2D eigenvalue weighted by Crippen LogP contribution is -2.03. The van der Waals surface area contributed by atoms with Gasteiger partial charge in [0.25, 0.3) is 0 Å². The van der Waals surface area contributed by atoms with Crippen LogP contribution in [0.2, 0.25) is 0 Å². The zero-order valence-corrected chi connectivity index (χ0v) is 16.1. The molecule has 4 heteroatoms. The van der Waals surface area contributed by atoms with Crippen LogP contribution in [0.25, 0.3) is 0 Å². The van der Waals surface area contributed by atoms with Crippen molar-refractivity contribution in [1.29, 1.82) is 0 Å². The predicted octanol–water partition coefficient (Wildman–Crippen LogP) is 6.39. The van der Waals surface area contributed by atoms with Gasteiger partial charge in [-0.25, -0.2) is 0 Å². The standard InChI is InChI=1S/C21H38O4/c1-2-3-4-5-6-7-8-9-10-11-12-13-14-15-16-19-25-21(24)18-17-20(22)23/h16,19H,2-15,17-18H2,1H3,(H,22,23)/b19-16+. The van der Waals surface area contributed by atoms with Gasteiger partial charge in [-0.1, -0.05) is 84.0 Å². The minimum atomic E-state index is -0.979. The largest absolute Gasteiger partial charge is 0.481 e. The normalized spacial score (nSPS) is 11.1. The lowest BCUT2D eigenvalue weighted by atomic mass is 10.0. The van der Waals surface area contributed by atoms with E-state index in [1.807, 2.05) is 6.08 Å². The van der Waals surface area contributed by atoms with Gasteiger partial charge in [-0.3, -0.25) is 9.59 Å². The van der Waals surface area contributed by atoms with Crippen molar-refractivity contribution in [2.45, 2.75) is 110 Å². The van der Waals surface area contributed by atoms with E-state index in [0.717, 1.165) is 12.8 Å². The zero-order valence-electron chi connectivity index (χ0n) is 16.1. The van der Waals surface area contributed by atoms with Crippen LogP contribution in [0.15, 0.2) is 12.3 Å². The Morgan fingerprint density at radius 3 is 1.72 bits per heavy atom. The molecular weight excluding hydrogens is 316 g/mol. The number of aliphatic carboxylic acids is 1. The van der Waals surface area contributed by atoms with Crippen LogP contribution in [0.5, 0.6) is 0 Å². The molecule has 0 atom stereocenters. The fourth-order valence-electron chi connectivity index (χ4n) is 2.74. The summed E-state index contributed by atoms with van der Waals surface area (Å²) in [5.74, 6) is -1.46. The van der Waals surface area contributed by atoms with E-state index >= 15 is 0 Å². The number of carbonyl (C=O) groups is 2. The van der Waals surface area contributed by atoms with Gasteiger partial charge in [-0.05, 0) is 18.9 Å². The summed E-state index contributed by atoms with van der Waals surface area (Å²) in [6.45, 7) is 2.26. The number of hydrogen-bond acceptors (Lipinski definition) is 3. The first-order chi connectivity index (χ1) is 12.2. The van der Waals surface area contributed by atoms with Crippen molar-refractivity contribution >= 4 is 11.9 Å². The fourth-order valence-corrected chi connectivity index (χ4v) is 2.74. The fraction of sp³-hybridized carbons (Fsp3) is 0.810. The number of carboxylic acids is 1. The van der Waals surface area contributed by atoms with E-state index in [4.69, 9.17) is 9.84 Å². The molecule has 0 fully saturated rings. The number of hydrogen-bond donors (Lipinski definition) is 1. The third-order valence-electron chi connectivity index (χ3n) is 4.31. The molecule has 0 spiro atoms. The van der Waals surface area contributed by atoms with Gasteiger partial charge in [0.15, 0.2) is 0 Å². The van der Waals surface area contributed by atoms with Crippen molar-refractivity contribution in [3.63, 3.8) is 0 Å². The zero-order chi connectivity index (χ0) is 18.6. The summed E-state index contributed by atoms with van der Waals surface area (Å²) in [5, 5.41) is 8.45. The molecule has 0 aliphatic rings. The molecule has 25 heavy (non-hydrogen) atoms. The van der Waals surface area contributed by atoms with E-state index in [2.05, 4.69) is 6.92 Å². The number of unbranched alkanes of at least 4 members (excludes halogenated alkanes) is 13. The minimum absolute atomic E-state index is 0.0710. The molecule has 0 saturated heterocycles. The summed E-state index contributed by atoms with van der Waals surface area (Å²) in [5.41, 5.74) is 0. The topological polar surface area (TPSA) is 63.6 Å². The maximum atomic E-state index is 11.2.